The first-order valence-electron chi connectivity index (χ1n) is 9.87. The van der Waals surface area contributed by atoms with Crippen LogP contribution in [0.15, 0.2) is 46.7 Å². The van der Waals surface area contributed by atoms with Gasteiger partial charge in [-0.1, -0.05) is 6.07 Å². The number of nitro groups is 1. The largest absolute Gasteiger partial charge is 0.454 e. The fraction of sp³-hybridized carbons (Fsp3) is 0.273. The Bertz CT molecular complexity index is 1320. The summed E-state index contributed by atoms with van der Waals surface area (Å²) < 4.78 is 30.5. The number of aromatic nitrogens is 1. The molecule has 3 aromatic rings. The van der Waals surface area contributed by atoms with Crippen LogP contribution in [0.4, 0.5) is 5.69 Å². The number of Topliss-reactive ketones (excluding diaryl/α,β-unsaturated/α-hetero) is 1. The number of esters is 1. The van der Waals surface area contributed by atoms with Crippen molar-refractivity contribution in [2.45, 2.75) is 31.7 Å². The maximum Gasteiger partial charge on any atom is 0.338 e. The molecule has 0 saturated carbocycles. The van der Waals surface area contributed by atoms with Crippen molar-refractivity contribution >= 4 is 38.6 Å². The van der Waals surface area contributed by atoms with E-state index >= 15 is 0 Å². The van der Waals surface area contributed by atoms with Crippen LogP contribution in [0.3, 0.4) is 0 Å². The van der Waals surface area contributed by atoms with E-state index in [0.717, 1.165) is 42.3 Å². The Balaban J connectivity index is 1.71. The minimum Gasteiger partial charge on any atom is -0.454 e. The Kier molecular flexibility index (Phi) is 7.13. The lowest BCUT2D eigenvalue weighted by atomic mass is 10.1. The molecule has 33 heavy (non-hydrogen) atoms. The van der Waals surface area contributed by atoms with Crippen LogP contribution in [0.5, 0.6) is 0 Å². The number of rotatable bonds is 9. The van der Waals surface area contributed by atoms with Crippen LogP contribution in [-0.4, -0.2) is 42.5 Å². The van der Waals surface area contributed by atoms with E-state index in [1.54, 1.807) is 17.4 Å². The highest BCUT2D eigenvalue weighted by Crippen LogP contribution is 2.25. The summed E-state index contributed by atoms with van der Waals surface area (Å²) in [5.41, 5.74) is 1.16. The van der Waals surface area contributed by atoms with Crippen LogP contribution >= 0.6 is 11.3 Å². The molecule has 9 nitrogen and oxygen atoms in total. The van der Waals surface area contributed by atoms with Crippen molar-refractivity contribution in [1.29, 1.82) is 0 Å². The zero-order valence-corrected chi connectivity index (χ0v) is 19.9. The van der Waals surface area contributed by atoms with Crippen molar-refractivity contribution in [3.05, 3.63) is 79.3 Å². The van der Waals surface area contributed by atoms with E-state index in [2.05, 4.69) is 6.07 Å². The van der Waals surface area contributed by atoms with Crippen LogP contribution in [0.1, 0.15) is 37.0 Å². The summed E-state index contributed by atoms with van der Waals surface area (Å²) in [6.07, 6.45) is 1.67. The first-order chi connectivity index (χ1) is 15.5. The number of aryl methyl sites for hydroxylation is 2. The molecule has 11 heteroatoms. The predicted molar refractivity (Wildman–Crippen MR) is 123 cm³/mol. The van der Waals surface area contributed by atoms with Crippen LogP contribution in [0, 0.1) is 24.0 Å². The Morgan fingerprint density at radius 3 is 2.52 bits per heavy atom. The van der Waals surface area contributed by atoms with Gasteiger partial charge in [-0.25, -0.2) is 13.2 Å². The highest BCUT2D eigenvalue weighted by atomic mass is 32.2. The third-order valence-electron chi connectivity index (χ3n) is 5.16. The maximum atomic E-state index is 12.7. The van der Waals surface area contributed by atoms with E-state index in [1.165, 1.54) is 4.88 Å². The van der Waals surface area contributed by atoms with Crippen LogP contribution in [0.25, 0.3) is 0 Å². The van der Waals surface area contributed by atoms with Gasteiger partial charge >= 0.3 is 5.97 Å². The van der Waals surface area contributed by atoms with Crippen molar-refractivity contribution < 1.29 is 27.7 Å². The second-order valence-electron chi connectivity index (χ2n) is 7.48. The highest BCUT2D eigenvalue weighted by Gasteiger charge is 2.25. The molecule has 3 rings (SSSR count). The Hall–Kier alpha value is -3.31. The second kappa shape index (κ2) is 9.67. The minimum atomic E-state index is -3.86. The molecule has 0 saturated heterocycles. The van der Waals surface area contributed by atoms with Crippen molar-refractivity contribution in [2.24, 2.45) is 0 Å². The van der Waals surface area contributed by atoms with E-state index in [1.807, 2.05) is 29.9 Å². The molecular formula is C22H22N2O7S2. The van der Waals surface area contributed by atoms with Gasteiger partial charge in [0.15, 0.2) is 16.4 Å². The molecule has 0 bridgehead atoms. The summed E-state index contributed by atoms with van der Waals surface area (Å²) in [5, 5.41) is 13.2. The molecule has 1 aromatic carbocycles. The van der Waals surface area contributed by atoms with Gasteiger partial charge in [0.1, 0.15) is 4.90 Å². The van der Waals surface area contributed by atoms with Crippen molar-refractivity contribution in [3.63, 3.8) is 0 Å². The number of nitro benzene ring substituents is 1. The normalized spacial score (nSPS) is 11.4. The number of thiophene rings is 1. The van der Waals surface area contributed by atoms with E-state index in [4.69, 9.17) is 4.74 Å². The van der Waals surface area contributed by atoms with Crippen LogP contribution in [-0.2, 0) is 27.5 Å². The predicted octanol–water partition coefficient (Wildman–Crippen LogP) is 3.76. The van der Waals surface area contributed by atoms with Crippen molar-refractivity contribution in [1.82, 2.24) is 4.57 Å². The van der Waals surface area contributed by atoms with Gasteiger partial charge in [0.25, 0.3) is 5.69 Å². The molecule has 0 aliphatic rings. The van der Waals surface area contributed by atoms with Gasteiger partial charge in [-0.05, 0) is 49.9 Å². The Morgan fingerprint density at radius 2 is 1.91 bits per heavy atom. The summed E-state index contributed by atoms with van der Waals surface area (Å²) >= 11 is 1.67. The fourth-order valence-corrected chi connectivity index (χ4v) is 5.02. The van der Waals surface area contributed by atoms with Crippen LogP contribution in [0.2, 0.25) is 0 Å². The van der Waals surface area contributed by atoms with Gasteiger partial charge in [-0.2, -0.15) is 0 Å². The number of carbonyl (C=O) groups excluding carboxylic acids is 2. The van der Waals surface area contributed by atoms with Gasteiger partial charge in [0, 0.05) is 40.7 Å². The molecule has 2 aromatic heterocycles. The van der Waals surface area contributed by atoms with Gasteiger partial charge in [-0.15, -0.1) is 11.3 Å². The fourth-order valence-electron chi connectivity index (χ4n) is 3.50. The third kappa shape index (κ3) is 5.55. The third-order valence-corrected chi connectivity index (χ3v) is 7.24. The second-order valence-corrected chi connectivity index (χ2v) is 10.5. The van der Waals surface area contributed by atoms with Gasteiger partial charge < -0.3 is 9.30 Å². The number of ketones is 1. The molecule has 174 valence electrons. The summed E-state index contributed by atoms with van der Waals surface area (Å²) in [6.45, 7) is 3.88. The van der Waals surface area contributed by atoms with E-state index in [-0.39, 0.29) is 5.56 Å². The quantitative estimate of drug-likeness (QED) is 0.193. The molecule has 0 fully saturated rings. The number of ether oxygens (including phenoxy) is 1. The first kappa shape index (κ1) is 24.3. The average Bonchev–Trinajstić information content (AvgIpc) is 3.37. The SMILES string of the molecule is Cc1cc(C(=O)COC(=O)c2ccc(S(C)(=O)=O)c([N+](=O)[O-])c2)c(C)n1CCc1cccs1. The number of carbonyl (C=O) groups is 2. The summed E-state index contributed by atoms with van der Waals surface area (Å²) in [4.78, 5) is 36.1. The Labute approximate surface area is 194 Å². The zero-order valence-electron chi connectivity index (χ0n) is 18.2. The molecule has 0 N–H and O–H groups in total. The maximum absolute atomic E-state index is 12.7. The molecule has 0 unspecified atom stereocenters. The van der Waals surface area contributed by atoms with Crippen molar-refractivity contribution in [3.8, 4) is 0 Å². The number of hydrogen-bond acceptors (Lipinski definition) is 8. The summed E-state index contributed by atoms with van der Waals surface area (Å²) in [5.74, 6) is -1.36. The summed E-state index contributed by atoms with van der Waals surface area (Å²) in [6, 6.07) is 8.71. The lowest BCUT2D eigenvalue weighted by Crippen LogP contribution is -2.16. The highest BCUT2D eigenvalue weighted by molar-refractivity contribution is 7.90. The van der Waals surface area contributed by atoms with Gasteiger partial charge in [-0.3, -0.25) is 14.9 Å². The Morgan fingerprint density at radius 1 is 1.18 bits per heavy atom. The molecule has 0 radical (unpaired) electrons. The monoisotopic (exact) mass is 490 g/mol. The molecule has 0 aliphatic carbocycles. The summed E-state index contributed by atoms with van der Waals surface area (Å²) in [7, 11) is -3.86. The van der Waals surface area contributed by atoms with Gasteiger partial charge in [0.05, 0.1) is 10.5 Å². The number of nitrogens with zero attached hydrogens (tertiary/aromatic N) is 2. The molecule has 2 heterocycles. The van der Waals surface area contributed by atoms with Gasteiger partial charge in [0.2, 0.25) is 5.78 Å². The number of sulfone groups is 1. The van der Waals surface area contributed by atoms with E-state index in [0.29, 0.717) is 12.1 Å². The number of hydrogen-bond donors (Lipinski definition) is 0. The minimum absolute atomic E-state index is 0.219. The lowest BCUT2D eigenvalue weighted by molar-refractivity contribution is -0.387. The molecule has 0 atom stereocenters. The molecule has 0 amide bonds. The molecular weight excluding hydrogens is 468 g/mol. The van der Waals surface area contributed by atoms with Crippen molar-refractivity contribution in [2.75, 3.05) is 12.9 Å². The zero-order chi connectivity index (χ0) is 24.3. The van der Waals surface area contributed by atoms with E-state index < -0.39 is 43.7 Å². The average molecular weight is 491 g/mol. The van der Waals surface area contributed by atoms with Crippen LogP contribution < -0.4 is 0 Å². The topological polar surface area (TPSA) is 126 Å². The lowest BCUT2D eigenvalue weighted by Gasteiger charge is -2.09. The molecule has 0 aliphatic heterocycles. The smallest absolute Gasteiger partial charge is 0.338 e. The van der Waals surface area contributed by atoms with E-state index in [9.17, 15) is 28.1 Å². The molecule has 0 spiro atoms. The number of benzene rings is 1. The first-order valence-corrected chi connectivity index (χ1v) is 12.6. The standard InChI is InChI=1S/C22H22N2O7S2/c1-14-11-18(15(2)23(14)9-8-17-5-4-10-32-17)20(25)13-31-22(26)16-6-7-21(33(3,29)30)19(12-16)24(27)28/h4-7,10-12H,8-9,13H2,1-3H3.